The van der Waals surface area contributed by atoms with Crippen molar-refractivity contribution >= 4 is 29.1 Å². The van der Waals surface area contributed by atoms with Crippen molar-refractivity contribution in [2.45, 2.75) is 6.92 Å². The standard InChI is InChI=1S/C11H7ClN2O3S/c1-6(15)7-3-2-4-8(5-7)17-11-9(16)10(12)13-18-14-11/h2-5H,1H3. The van der Waals surface area contributed by atoms with Gasteiger partial charge in [0.25, 0.3) is 11.3 Å². The van der Waals surface area contributed by atoms with E-state index in [2.05, 4.69) is 8.75 Å². The Morgan fingerprint density at radius 2 is 2.17 bits per heavy atom. The zero-order valence-electron chi connectivity index (χ0n) is 9.21. The summed E-state index contributed by atoms with van der Waals surface area (Å²) in [4.78, 5) is 22.8. The predicted molar refractivity (Wildman–Crippen MR) is 67.7 cm³/mol. The lowest BCUT2D eigenvalue weighted by atomic mass is 10.1. The number of rotatable bonds is 3. The summed E-state index contributed by atoms with van der Waals surface area (Å²) in [5.74, 6) is 0.105. The molecule has 0 aliphatic rings. The minimum Gasteiger partial charge on any atom is -0.435 e. The quantitative estimate of drug-likeness (QED) is 0.809. The molecular weight excluding hydrogens is 276 g/mol. The normalized spacial score (nSPS) is 10.1. The molecule has 0 fully saturated rings. The molecule has 0 saturated heterocycles. The maximum Gasteiger partial charge on any atom is 0.283 e. The lowest BCUT2D eigenvalue weighted by molar-refractivity contribution is 0.101. The van der Waals surface area contributed by atoms with E-state index < -0.39 is 5.43 Å². The number of halogens is 1. The van der Waals surface area contributed by atoms with Gasteiger partial charge < -0.3 is 4.74 Å². The molecule has 0 N–H and O–H groups in total. The van der Waals surface area contributed by atoms with Crippen molar-refractivity contribution in [3.05, 3.63) is 45.2 Å². The number of Topliss-reactive ketones (excluding diaryl/α,β-unsaturated/α-hetero) is 1. The lowest BCUT2D eigenvalue weighted by Crippen LogP contribution is -2.07. The molecule has 0 amide bonds. The monoisotopic (exact) mass is 282 g/mol. The average molecular weight is 283 g/mol. The molecule has 1 heterocycles. The highest BCUT2D eigenvalue weighted by atomic mass is 35.5. The molecule has 0 aliphatic heterocycles. The highest BCUT2D eigenvalue weighted by molar-refractivity contribution is 6.99. The van der Waals surface area contributed by atoms with Crippen LogP contribution in [0.3, 0.4) is 0 Å². The second-order valence-electron chi connectivity index (χ2n) is 3.38. The van der Waals surface area contributed by atoms with Crippen molar-refractivity contribution in [2.24, 2.45) is 0 Å². The first-order valence-corrected chi connectivity index (χ1v) is 6.00. The largest absolute Gasteiger partial charge is 0.435 e. The number of carbonyl (C=O) groups excluding carboxylic acids is 1. The molecule has 18 heavy (non-hydrogen) atoms. The van der Waals surface area contributed by atoms with Gasteiger partial charge in [0.15, 0.2) is 10.9 Å². The Labute approximate surface area is 111 Å². The average Bonchev–Trinajstić information content (AvgIpc) is 2.35. The van der Waals surface area contributed by atoms with Gasteiger partial charge in [-0.15, -0.1) is 4.37 Å². The van der Waals surface area contributed by atoms with E-state index in [1.165, 1.54) is 13.0 Å². The molecule has 1 aromatic carbocycles. The van der Waals surface area contributed by atoms with E-state index in [9.17, 15) is 9.59 Å². The van der Waals surface area contributed by atoms with Crippen LogP contribution in [-0.4, -0.2) is 14.5 Å². The number of nitrogens with zero attached hydrogens (tertiary/aromatic N) is 2. The van der Waals surface area contributed by atoms with E-state index in [-0.39, 0.29) is 16.8 Å². The molecule has 0 aliphatic carbocycles. The Kier molecular flexibility index (Phi) is 3.69. The van der Waals surface area contributed by atoms with Crippen LogP contribution >= 0.6 is 23.3 Å². The summed E-state index contributed by atoms with van der Waals surface area (Å²) in [5, 5.41) is -0.187. The molecule has 0 radical (unpaired) electrons. The molecule has 0 atom stereocenters. The third-order valence-corrected chi connectivity index (χ3v) is 2.95. The molecule has 2 rings (SSSR count). The number of hydrogen-bond acceptors (Lipinski definition) is 6. The molecule has 92 valence electrons. The zero-order valence-corrected chi connectivity index (χ0v) is 10.8. The molecule has 0 bridgehead atoms. The van der Waals surface area contributed by atoms with Gasteiger partial charge in [-0.05, 0) is 19.1 Å². The Balaban J connectivity index is 2.34. The van der Waals surface area contributed by atoms with Crippen molar-refractivity contribution in [1.29, 1.82) is 0 Å². The first-order valence-electron chi connectivity index (χ1n) is 4.89. The summed E-state index contributed by atoms with van der Waals surface area (Å²) in [5.41, 5.74) is -0.0904. The van der Waals surface area contributed by atoms with Crippen LogP contribution in [0.15, 0.2) is 29.1 Å². The van der Waals surface area contributed by atoms with Crippen LogP contribution in [0.2, 0.25) is 5.15 Å². The second-order valence-corrected chi connectivity index (χ2v) is 4.26. The van der Waals surface area contributed by atoms with E-state index in [0.29, 0.717) is 11.3 Å². The van der Waals surface area contributed by atoms with Gasteiger partial charge in [-0.25, -0.2) is 0 Å². The van der Waals surface area contributed by atoms with Crippen LogP contribution in [-0.2, 0) is 0 Å². The van der Waals surface area contributed by atoms with Crippen LogP contribution in [0.25, 0.3) is 0 Å². The lowest BCUT2D eigenvalue weighted by Gasteiger charge is -2.04. The van der Waals surface area contributed by atoms with Crippen LogP contribution in [0, 0.1) is 0 Å². The second kappa shape index (κ2) is 5.24. The summed E-state index contributed by atoms with van der Waals surface area (Å²) in [6, 6.07) is 6.46. The van der Waals surface area contributed by atoms with Gasteiger partial charge in [-0.1, -0.05) is 23.7 Å². The van der Waals surface area contributed by atoms with Gasteiger partial charge in [0, 0.05) is 5.56 Å². The van der Waals surface area contributed by atoms with Crippen molar-refractivity contribution < 1.29 is 9.53 Å². The molecule has 0 unspecified atom stereocenters. The first kappa shape index (κ1) is 12.7. The first-order chi connectivity index (χ1) is 8.58. The highest BCUT2D eigenvalue weighted by Gasteiger charge is 2.10. The van der Waals surface area contributed by atoms with E-state index in [0.717, 1.165) is 11.7 Å². The van der Waals surface area contributed by atoms with Crippen molar-refractivity contribution in [3.8, 4) is 11.6 Å². The third-order valence-electron chi connectivity index (χ3n) is 2.08. The number of ketones is 1. The number of aromatic nitrogens is 2. The summed E-state index contributed by atoms with van der Waals surface area (Å²) in [6.07, 6.45) is 0. The maximum atomic E-state index is 11.5. The number of ether oxygens (including phenoxy) is 1. The van der Waals surface area contributed by atoms with Gasteiger partial charge in [0.1, 0.15) is 5.75 Å². The highest BCUT2D eigenvalue weighted by Crippen LogP contribution is 2.19. The maximum absolute atomic E-state index is 11.5. The SMILES string of the molecule is CC(=O)c1cccc(Oc2nsnc(Cl)c2=O)c1. The van der Waals surface area contributed by atoms with E-state index in [1.54, 1.807) is 18.2 Å². The Bertz CT molecular complexity index is 657. The topological polar surface area (TPSA) is 69.2 Å². The molecule has 2 aromatic rings. The van der Waals surface area contributed by atoms with E-state index >= 15 is 0 Å². The minimum atomic E-state index is -0.580. The van der Waals surface area contributed by atoms with Crippen LogP contribution in [0.4, 0.5) is 0 Å². The van der Waals surface area contributed by atoms with Gasteiger partial charge in [-0.2, -0.15) is 4.37 Å². The van der Waals surface area contributed by atoms with Crippen LogP contribution in [0.5, 0.6) is 11.6 Å². The summed E-state index contributed by atoms with van der Waals surface area (Å²) < 4.78 is 12.6. The van der Waals surface area contributed by atoms with Gasteiger partial charge >= 0.3 is 0 Å². The summed E-state index contributed by atoms with van der Waals surface area (Å²) >= 11 is 6.35. The smallest absolute Gasteiger partial charge is 0.283 e. The number of benzene rings is 1. The van der Waals surface area contributed by atoms with E-state index in [1.807, 2.05) is 0 Å². The van der Waals surface area contributed by atoms with E-state index in [4.69, 9.17) is 16.3 Å². The molecule has 1 aromatic heterocycles. The van der Waals surface area contributed by atoms with Crippen molar-refractivity contribution in [2.75, 3.05) is 0 Å². The third kappa shape index (κ3) is 2.72. The van der Waals surface area contributed by atoms with Gasteiger partial charge in [-0.3, -0.25) is 9.59 Å². The van der Waals surface area contributed by atoms with Crippen molar-refractivity contribution in [1.82, 2.24) is 8.75 Å². The Morgan fingerprint density at radius 3 is 2.89 bits per heavy atom. The molecular formula is C11H7ClN2O3S. The van der Waals surface area contributed by atoms with Crippen molar-refractivity contribution in [3.63, 3.8) is 0 Å². The summed E-state index contributed by atoms with van der Waals surface area (Å²) in [6.45, 7) is 1.45. The fraction of sp³-hybridized carbons (Fsp3) is 0.0909. The number of hydrogen-bond donors (Lipinski definition) is 0. The zero-order chi connectivity index (χ0) is 13.1. The fourth-order valence-electron chi connectivity index (χ4n) is 1.22. The van der Waals surface area contributed by atoms with Gasteiger partial charge in [0.05, 0.1) is 11.7 Å². The van der Waals surface area contributed by atoms with Gasteiger partial charge in [0.2, 0.25) is 0 Å². The Hall–Kier alpha value is -1.79. The minimum absolute atomic E-state index is 0.0914. The molecule has 0 saturated carbocycles. The fourth-order valence-corrected chi connectivity index (χ4v) is 1.78. The summed E-state index contributed by atoms with van der Waals surface area (Å²) in [7, 11) is 0. The van der Waals surface area contributed by atoms with Crippen LogP contribution in [0.1, 0.15) is 17.3 Å². The molecule has 7 heteroatoms. The molecule has 0 spiro atoms. The predicted octanol–water partition coefficient (Wildman–Crippen LogP) is 2.55. The van der Waals surface area contributed by atoms with Crippen LogP contribution < -0.4 is 10.2 Å². The molecule has 5 nitrogen and oxygen atoms in total. The Morgan fingerprint density at radius 1 is 1.39 bits per heavy atom. The number of carbonyl (C=O) groups is 1.